The van der Waals surface area contributed by atoms with Crippen LogP contribution in [0.15, 0.2) is 44.7 Å². The van der Waals surface area contributed by atoms with Gasteiger partial charge in [-0.2, -0.15) is 10.2 Å². The van der Waals surface area contributed by atoms with E-state index in [0.717, 1.165) is 5.56 Å². The van der Waals surface area contributed by atoms with E-state index < -0.39 is 0 Å². The summed E-state index contributed by atoms with van der Waals surface area (Å²) in [7, 11) is 0. The van der Waals surface area contributed by atoms with Gasteiger partial charge in [0.25, 0.3) is 0 Å². The fourth-order valence-corrected chi connectivity index (χ4v) is 1.65. The molecule has 2 N–H and O–H groups in total. The molecule has 0 spiro atoms. The van der Waals surface area contributed by atoms with Gasteiger partial charge in [0.05, 0.1) is 6.21 Å². The zero-order valence-corrected chi connectivity index (χ0v) is 15.2. The van der Waals surface area contributed by atoms with Crippen LogP contribution in [0.3, 0.4) is 0 Å². The molecule has 127 valence electrons. The van der Waals surface area contributed by atoms with Crippen LogP contribution < -0.4 is 10.9 Å². The Bertz CT molecular complexity index is 573. The second-order valence-electron chi connectivity index (χ2n) is 3.78. The number of pyridine rings is 1. The minimum Gasteiger partial charge on any atom is -0.741 e. The summed E-state index contributed by atoms with van der Waals surface area (Å²) < 4.78 is 0. The maximum Gasteiger partial charge on any atom is 2.00 e. The Balaban J connectivity index is 0.00000484. The van der Waals surface area contributed by atoms with Gasteiger partial charge in [-0.25, -0.2) is 0 Å². The Morgan fingerprint density at radius 3 is 2.39 bits per heavy atom. The topological polar surface area (TPSA) is 86.4 Å². The van der Waals surface area contributed by atoms with Crippen molar-refractivity contribution in [2.45, 2.75) is 13.8 Å². The van der Waals surface area contributed by atoms with Gasteiger partial charge in [0.1, 0.15) is 5.71 Å². The maximum atomic E-state index is 5.01. The number of hydrogen-bond donors (Lipinski definition) is 2. The van der Waals surface area contributed by atoms with E-state index in [4.69, 9.17) is 25.3 Å². The smallest absolute Gasteiger partial charge is 0.741 e. The van der Waals surface area contributed by atoms with E-state index in [1.165, 1.54) is 6.21 Å². The van der Waals surface area contributed by atoms with E-state index in [2.05, 4.69) is 36.0 Å². The number of hydrazone groups is 2. The van der Waals surface area contributed by atoms with E-state index in [1.807, 2.05) is 19.9 Å². The summed E-state index contributed by atoms with van der Waals surface area (Å²) in [6, 6.07) is 3.66. The summed E-state index contributed by atoms with van der Waals surface area (Å²) >= 11 is 9.98. The zero-order valence-electron chi connectivity index (χ0n) is 12.7. The minimum atomic E-state index is 0. The Morgan fingerprint density at radius 2 is 1.83 bits per heavy atom. The molecule has 0 aliphatic carbocycles. The molecule has 0 atom stereocenters. The number of amidine groups is 2. The molecule has 0 bridgehead atoms. The summed E-state index contributed by atoms with van der Waals surface area (Å²) in [4.78, 5) is 12.1. The number of nitrogens with zero attached hydrogens (tertiary/aromatic N) is 5. The number of hydrogen-bond acceptors (Lipinski definition) is 7. The van der Waals surface area contributed by atoms with Gasteiger partial charge in [-0.3, -0.25) is 25.8 Å². The first kappa shape index (κ1) is 21.4. The summed E-state index contributed by atoms with van der Waals surface area (Å²) in [5.41, 5.74) is 6.65. The van der Waals surface area contributed by atoms with Gasteiger partial charge in [0.15, 0.2) is 0 Å². The molecule has 0 fully saturated rings. The van der Waals surface area contributed by atoms with Crippen molar-refractivity contribution >= 4 is 47.5 Å². The third-order valence-corrected chi connectivity index (χ3v) is 2.62. The molecule has 0 aliphatic rings. The van der Waals surface area contributed by atoms with Crippen LogP contribution >= 0.6 is 0 Å². The van der Waals surface area contributed by atoms with Crippen molar-refractivity contribution in [3.8, 4) is 0 Å². The van der Waals surface area contributed by atoms with Crippen molar-refractivity contribution in [2.75, 3.05) is 13.1 Å². The standard InChI is InChI=1S/C13H19N7S2.Cu/c1-3-15-12(21)19-17-9-11(10-6-5-7-14-8-10)18-20-13(22)16-4-2;/h5-9H,3-4H2,1-2H3,(H2,15,19,21)(H2,16,20,22);/q;+2/p-2/b17-9+,18-11-;. The molecule has 7 nitrogen and oxygen atoms in total. The molecule has 0 unspecified atom stereocenters. The Kier molecular flexibility index (Phi) is 12.0. The van der Waals surface area contributed by atoms with Crippen molar-refractivity contribution in [3.63, 3.8) is 0 Å². The molecular formula is C13H17CuN7S2. The molecular weight excluding hydrogens is 382 g/mol. The predicted octanol–water partition coefficient (Wildman–Crippen LogP) is 0.794. The first-order valence-corrected chi connectivity index (χ1v) is 7.45. The summed E-state index contributed by atoms with van der Waals surface area (Å²) in [5, 5.41) is 8.81. The molecule has 0 aromatic carbocycles. The third kappa shape index (κ3) is 9.19. The summed E-state index contributed by atoms with van der Waals surface area (Å²) in [6.07, 6.45) is 4.85. The summed E-state index contributed by atoms with van der Waals surface area (Å²) in [5.74, 6) is 0. The van der Waals surface area contributed by atoms with E-state index in [-0.39, 0.29) is 17.1 Å². The Morgan fingerprint density at radius 1 is 1.17 bits per heavy atom. The first-order valence-electron chi connectivity index (χ1n) is 6.63. The first-order chi connectivity index (χ1) is 10.7. The maximum absolute atomic E-state index is 5.01. The monoisotopic (exact) mass is 398 g/mol. The van der Waals surface area contributed by atoms with Gasteiger partial charge < -0.3 is 25.3 Å². The average molecular weight is 399 g/mol. The molecule has 0 amide bonds. The van der Waals surface area contributed by atoms with Crippen LogP contribution in [0.4, 0.5) is 0 Å². The molecule has 10 heteroatoms. The van der Waals surface area contributed by atoms with Crippen molar-refractivity contribution in [1.29, 1.82) is 0 Å². The van der Waals surface area contributed by atoms with Crippen LogP contribution in [0.25, 0.3) is 0 Å². The van der Waals surface area contributed by atoms with Crippen molar-refractivity contribution in [3.05, 3.63) is 30.1 Å². The quantitative estimate of drug-likeness (QED) is 0.243. The Hall–Kier alpha value is -1.61. The van der Waals surface area contributed by atoms with Crippen LogP contribution in [0.5, 0.6) is 0 Å². The van der Waals surface area contributed by atoms with Crippen LogP contribution in [-0.4, -0.2) is 40.3 Å². The van der Waals surface area contributed by atoms with Gasteiger partial charge >= 0.3 is 17.1 Å². The van der Waals surface area contributed by atoms with Crippen LogP contribution in [-0.2, 0) is 42.3 Å². The number of nitrogens with one attached hydrogen (secondary N) is 2. The molecule has 0 saturated carbocycles. The average Bonchev–Trinajstić information content (AvgIpc) is 2.52. The predicted molar refractivity (Wildman–Crippen MR) is 96.2 cm³/mol. The summed E-state index contributed by atoms with van der Waals surface area (Å²) in [6.45, 7) is 4.97. The van der Waals surface area contributed by atoms with E-state index >= 15 is 0 Å². The second-order valence-corrected chi connectivity index (χ2v) is 4.55. The largest absolute Gasteiger partial charge is 2.00 e. The van der Waals surface area contributed by atoms with Gasteiger partial charge in [-0.05, 0) is 36.3 Å². The minimum absolute atomic E-state index is 0. The molecule has 1 rings (SSSR count). The fraction of sp³-hybridized carbons (Fsp3) is 0.308. The molecule has 0 aliphatic heterocycles. The SMILES string of the molecule is CCN=C([S-])N/N=C/C(=N/NC([S-])=NCC)c1cccnc1.[Cu+2]. The van der Waals surface area contributed by atoms with Crippen LogP contribution in [0.2, 0.25) is 0 Å². The van der Waals surface area contributed by atoms with Crippen LogP contribution in [0.1, 0.15) is 19.4 Å². The Labute approximate surface area is 157 Å². The van der Waals surface area contributed by atoms with Crippen molar-refractivity contribution in [1.82, 2.24) is 15.8 Å². The normalized spacial score (nSPS) is 12.9. The molecule has 1 radical (unpaired) electrons. The van der Waals surface area contributed by atoms with Crippen molar-refractivity contribution < 1.29 is 17.1 Å². The molecule has 23 heavy (non-hydrogen) atoms. The molecule has 0 saturated heterocycles. The third-order valence-electron chi connectivity index (χ3n) is 2.18. The molecule has 1 aromatic heterocycles. The second kappa shape index (κ2) is 12.9. The van der Waals surface area contributed by atoms with Crippen molar-refractivity contribution in [2.24, 2.45) is 20.2 Å². The van der Waals surface area contributed by atoms with Gasteiger partial charge in [0, 0.05) is 31.0 Å². The molecule has 1 heterocycles. The van der Waals surface area contributed by atoms with Crippen LogP contribution in [0, 0.1) is 0 Å². The number of aliphatic imine (C=N–C) groups is 2. The number of aromatic nitrogens is 1. The molecule has 1 aromatic rings. The van der Waals surface area contributed by atoms with Gasteiger partial charge in [-0.1, -0.05) is 0 Å². The van der Waals surface area contributed by atoms with E-state index in [0.29, 0.717) is 29.1 Å². The van der Waals surface area contributed by atoms with E-state index in [9.17, 15) is 0 Å². The van der Waals surface area contributed by atoms with E-state index in [1.54, 1.807) is 18.5 Å². The zero-order chi connectivity index (χ0) is 16.2. The fourth-order valence-electron chi connectivity index (χ4n) is 1.30. The van der Waals surface area contributed by atoms with Gasteiger partial charge in [0.2, 0.25) is 0 Å². The van der Waals surface area contributed by atoms with Gasteiger partial charge in [-0.15, -0.1) is 0 Å². The number of rotatable bonds is 6.